The van der Waals surface area contributed by atoms with Crippen LogP contribution < -0.4 is 10.2 Å². The van der Waals surface area contributed by atoms with E-state index in [1.165, 1.54) is 5.69 Å². The molecule has 1 unspecified atom stereocenters. The van der Waals surface area contributed by atoms with Crippen LogP contribution in [-0.2, 0) is 11.3 Å². The van der Waals surface area contributed by atoms with Crippen LogP contribution in [0.25, 0.3) is 0 Å². The zero-order chi connectivity index (χ0) is 16.9. The topological polar surface area (TPSA) is 50.2 Å². The smallest absolute Gasteiger partial charge is 0.221 e. The third-order valence-corrected chi connectivity index (χ3v) is 4.87. The first-order valence-electron chi connectivity index (χ1n) is 8.36. The lowest BCUT2D eigenvalue weighted by Gasteiger charge is -2.19. The van der Waals surface area contributed by atoms with Crippen LogP contribution in [-0.4, -0.2) is 35.3 Å². The highest BCUT2D eigenvalue weighted by molar-refractivity contribution is 9.10. The molecule has 1 aliphatic rings. The van der Waals surface area contributed by atoms with Crippen molar-refractivity contribution in [2.75, 3.05) is 24.5 Å². The van der Waals surface area contributed by atoms with Crippen LogP contribution in [0.2, 0.25) is 0 Å². The minimum Gasteiger partial charge on any atom is -0.371 e. The standard InChI is InChI=1S/C18H23BrN4O/c1-14-10-21-23(12-14)8-6-18(24)20-11-15-5-7-22(13-15)17-4-2-3-16(19)9-17/h2-4,9-10,12,15H,5-8,11,13H2,1H3,(H,20,24). The van der Waals surface area contributed by atoms with Gasteiger partial charge >= 0.3 is 0 Å². The number of halogens is 1. The number of carbonyl (C=O) groups excluding carboxylic acids is 1. The van der Waals surface area contributed by atoms with Crippen molar-refractivity contribution >= 4 is 27.5 Å². The zero-order valence-corrected chi connectivity index (χ0v) is 15.5. The second-order valence-electron chi connectivity index (χ2n) is 6.42. The SMILES string of the molecule is Cc1cnn(CCC(=O)NCC2CCN(c3cccc(Br)c3)C2)c1. The summed E-state index contributed by atoms with van der Waals surface area (Å²) in [6, 6.07) is 8.38. The zero-order valence-electron chi connectivity index (χ0n) is 13.9. The normalized spacial score (nSPS) is 17.2. The molecule has 0 spiro atoms. The highest BCUT2D eigenvalue weighted by Gasteiger charge is 2.23. The summed E-state index contributed by atoms with van der Waals surface area (Å²) in [6.45, 7) is 5.43. The fourth-order valence-corrected chi connectivity index (χ4v) is 3.45. The van der Waals surface area contributed by atoms with Crippen molar-refractivity contribution in [3.8, 4) is 0 Å². The Hall–Kier alpha value is -1.82. The van der Waals surface area contributed by atoms with Gasteiger partial charge in [-0.3, -0.25) is 9.48 Å². The quantitative estimate of drug-likeness (QED) is 0.824. The number of hydrogen-bond acceptors (Lipinski definition) is 3. The Morgan fingerprint density at radius 1 is 1.46 bits per heavy atom. The van der Waals surface area contributed by atoms with Gasteiger partial charge in [0.25, 0.3) is 0 Å². The molecule has 1 aromatic carbocycles. The summed E-state index contributed by atoms with van der Waals surface area (Å²) >= 11 is 3.52. The maximum Gasteiger partial charge on any atom is 0.221 e. The molecule has 128 valence electrons. The molecule has 1 atom stereocenters. The van der Waals surface area contributed by atoms with Gasteiger partial charge in [-0.05, 0) is 43.0 Å². The molecule has 0 radical (unpaired) electrons. The summed E-state index contributed by atoms with van der Waals surface area (Å²) in [5, 5.41) is 7.27. The van der Waals surface area contributed by atoms with Gasteiger partial charge in [0.15, 0.2) is 0 Å². The average molecular weight is 391 g/mol. The van der Waals surface area contributed by atoms with E-state index in [1.54, 1.807) is 0 Å². The Bertz CT molecular complexity index is 700. The van der Waals surface area contributed by atoms with Crippen molar-refractivity contribution in [1.29, 1.82) is 0 Å². The molecule has 1 saturated heterocycles. The van der Waals surface area contributed by atoms with E-state index in [1.807, 2.05) is 30.1 Å². The third-order valence-electron chi connectivity index (χ3n) is 4.38. The molecule has 2 aromatic rings. The number of anilines is 1. The van der Waals surface area contributed by atoms with Gasteiger partial charge in [0.2, 0.25) is 5.91 Å². The van der Waals surface area contributed by atoms with Crippen molar-refractivity contribution in [3.05, 3.63) is 46.7 Å². The fourth-order valence-electron chi connectivity index (χ4n) is 3.06. The van der Waals surface area contributed by atoms with Gasteiger partial charge in [0.1, 0.15) is 0 Å². The van der Waals surface area contributed by atoms with Gasteiger partial charge in [-0.2, -0.15) is 5.10 Å². The Morgan fingerprint density at radius 3 is 3.08 bits per heavy atom. The fraction of sp³-hybridized carbons (Fsp3) is 0.444. The maximum absolute atomic E-state index is 12.0. The van der Waals surface area contributed by atoms with E-state index in [0.717, 1.165) is 36.1 Å². The molecule has 3 rings (SSSR count). The van der Waals surface area contributed by atoms with Gasteiger partial charge in [0.05, 0.1) is 6.20 Å². The number of aryl methyl sites for hydroxylation is 2. The summed E-state index contributed by atoms with van der Waals surface area (Å²) < 4.78 is 2.92. The monoisotopic (exact) mass is 390 g/mol. The lowest BCUT2D eigenvalue weighted by Crippen LogP contribution is -2.31. The number of nitrogens with one attached hydrogen (secondary N) is 1. The summed E-state index contributed by atoms with van der Waals surface area (Å²) in [7, 11) is 0. The molecule has 24 heavy (non-hydrogen) atoms. The number of amides is 1. The number of aromatic nitrogens is 2. The van der Waals surface area contributed by atoms with Gasteiger partial charge in [-0.15, -0.1) is 0 Å². The van der Waals surface area contributed by atoms with Gasteiger partial charge < -0.3 is 10.2 Å². The summed E-state index contributed by atoms with van der Waals surface area (Å²) in [5.41, 5.74) is 2.36. The van der Waals surface area contributed by atoms with E-state index in [0.29, 0.717) is 18.9 Å². The van der Waals surface area contributed by atoms with Gasteiger partial charge in [0, 0.05) is 49.0 Å². The predicted molar refractivity (Wildman–Crippen MR) is 99.1 cm³/mol. The molecular formula is C18H23BrN4O. The van der Waals surface area contributed by atoms with Crippen molar-refractivity contribution in [1.82, 2.24) is 15.1 Å². The highest BCUT2D eigenvalue weighted by atomic mass is 79.9. The number of hydrogen-bond donors (Lipinski definition) is 1. The summed E-state index contributed by atoms with van der Waals surface area (Å²) in [6.07, 6.45) is 5.36. The molecule has 0 saturated carbocycles. The maximum atomic E-state index is 12.0. The second-order valence-corrected chi connectivity index (χ2v) is 7.33. The van der Waals surface area contributed by atoms with Crippen molar-refractivity contribution in [3.63, 3.8) is 0 Å². The van der Waals surface area contributed by atoms with E-state index in [2.05, 4.69) is 49.4 Å². The van der Waals surface area contributed by atoms with Gasteiger partial charge in [-0.25, -0.2) is 0 Å². The van der Waals surface area contributed by atoms with Crippen LogP contribution in [0.4, 0.5) is 5.69 Å². The van der Waals surface area contributed by atoms with Crippen molar-refractivity contribution < 1.29 is 4.79 Å². The van der Waals surface area contributed by atoms with Crippen LogP contribution in [0.3, 0.4) is 0 Å². The Morgan fingerprint density at radius 2 is 2.33 bits per heavy atom. The van der Waals surface area contributed by atoms with Crippen molar-refractivity contribution in [2.45, 2.75) is 26.3 Å². The first kappa shape index (κ1) is 17.0. The first-order chi connectivity index (χ1) is 11.6. The van der Waals surface area contributed by atoms with E-state index in [4.69, 9.17) is 0 Å². The molecule has 1 aliphatic heterocycles. The van der Waals surface area contributed by atoms with Crippen LogP contribution in [0.15, 0.2) is 41.1 Å². The molecule has 6 heteroatoms. The van der Waals surface area contributed by atoms with Crippen LogP contribution in [0, 0.1) is 12.8 Å². The molecule has 0 aliphatic carbocycles. The minimum absolute atomic E-state index is 0.101. The molecular weight excluding hydrogens is 368 g/mol. The van der Waals surface area contributed by atoms with Gasteiger partial charge in [-0.1, -0.05) is 22.0 Å². The Labute approximate surface area is 151 Å². The number of carbonyl (C=O) groups is 1. The number of nitrogens with zero attached hydrogens (tertiary/aromatic N) is 3. The Kier molecular flexibility index (Phi) is 5.56. The minimum atomic E-state index is 0.101. The molecule has 1 aromatic heterocycles. The molecule has 1 fully saturated rings. The molecule has 0 bridgehead atoms. The lowest BCUT2D eigenvalue weighted by molar-refractivity contribution is -0.121. The molecule has 2 heterocycles. The largest absolute Gasteiger partial charge is 0.371 e. The summed E-state index contributed by atoms with van der Waals surface area (Å²) in [4.78, 5) is 14.4. The van der Waals surface area contributed by atoms with E-state index >= 15 is 0 Å². The van der Waals surface area contributed by atoms with Crippen LogP contribution in [0.1, 0.15) is 18.4 Å². The number of rotatable bonds is 6. The van der Waals surface area contributed by atoms with E-state index in [-0.39, 0.29) is 5.91 Å². The van der Waals surface area contributed by atoms with Crippen molar-refractivity contribution in [2.24, 2.45) is 5.92 Å². The predicted octanol–water partition coefficient (Wildman–Crippen LogP) is 2.99. The lowest BCUT2D eigenvalue weighted by atomic mass is 10.1. The van der Waals surface area contributed by atoms with E-state index < -0.39 is 0 Å². The first-order valence-corrected chi connectivity index (χ1v) is 9.16. The highest BCUT2D eigenvalue weighted by Crippen LogP contribution is 2.25. The second kappa shape index (κ2) is 7.83. The molecule has 5 nitrogen and oxygen atoms in total. The third kappa shape index (κ3) is 4.60. The average Bonchev–Trinajstić information content (AvgIpc) is 3.20. The molecule has 1 N–H and O–H groups in total. The van der Waals surface area contributed by atoms with Crippen LogP contribution >= 0.6 is 15.9 Å². The molecule has 1 amide bonds. The summed E-state index contributed by atoms with van der Waals surface area (Å²) in [5.74, 6) is 0.615. The van der Waals surface area contributed by atoms with E-state index in [9.17, 15) is 4.79 Å². The Balaban J connectivity index is 1.40. The van der Waals surface area contributed by atoms with Crippen LogP contribution in [0.5, 0.6) is 0 Å². The number of benzene rings is 1.